The van der Waals surface area contributed by atoms with Crippen LogP contribution in [0.3, 0.4) is 0 Å². The Morgan fingerprint density at radius 2 is 2.00 bits per heavy atom. The molecule has 0 aliphatic carbocycles. The molecule has 2 aromatic rings. The zero-order valence-electron chi connectivity index (χ0n) is 19.0. The van der Waals surface area contributed by atoms with E-state index >= 15 is 0 Å². The lowest BCUT2D eigenvalue weighted by Crippen LogP contribution is -2.42. The summed E-state index contributed by atoms with van der Waals surface area (Å²) in [4.78, 5) is 6.06. The molecule has 1 fully saturated rings. The maximum Gasteiger partial charge on any atom is 0.419 e. The quantitative estimate of drug-likeness (QED) is 0.269. The number of hydrogen-bond donors (Lipinski definition) is 2. The second-order valence-electron chi connectivity index (χ2n) is 8.45. The Hall–Kier alpha value is -2.78. The second-order valence-corrected chi connectivity index (χ2v) is 8.45. The van der Waals surface area contributed by atoms with Gasteiger partial charge in [-0.3, -0.25) is 5.41 Å². The molecule has 1 saturated heterocycles. The van der Waals surface area contributed by atoms with Crippen LogP contribution in [0.15, 0.2) is 22.7 Å². The number of likely N-dealkylation sites (tertiary alicyclic amines) is 1. The molecule has 0 unspecified atom stereocenters. The fraction of sp³-hybridized carbons (Fsp3) is 0.609. The van der Waals surface area contributed by atoms with Gasteiger partial charge in [-0.2, -0.15) is 18.2 Å². The number of rotatable bonds is 10. The highest BCUT2D eigenvalue weighted by Crippen LogP contribution is 2.39. The number of nitrogens with zero attached hydrogens (tertiary/aromatic N) is 3. The normalized spacial score (nSPS) is 16.7. The topological polar surface area (TPSA) is 101 Å². The van der Waals surface area contributed by atoms with Crippen molar-refractivity contribution in [2.75, 3.05) is 19.7 Å². The Labute approximate surface area is 192 Å². The predicted molar refractivity (Wildman–Crippen MR) is 119 cm³/mol. The van der Waals surface area contributed by atoms with Gasteiger partial charge in [0.15, 0.2) is 5.96 Å². The molecule has 3 rings (SSSR count). The van der Waals surface area contributed by atoms with Gasteiger partial charge in [0.05, 0.1) is 18.1 Å². The molecule has 0 bridgehead atoms. The molecule has 2 heterocycles. The van der Waals surface area contributed by atoms with Crippen molar-refractivity contribution in [2.24, 2.45) is 5.73 Å². The Balaban J connectivity index is 1.68. The maximum absolute atomic E-state index is 13.7. The maximum atomic E-state index is 13.7. The number of unbranched alkanes of at least 4 members (excludes halogenated alkanes) is 5. The summed E-state index contributed by atoms with van der Waals surface area (Å²) in [5, 5.41) is 11.5. The number of halogens is 3. The molecule has 1 aromatic heterocycles. The summed E-state index contributed by atoms with van der Waals surface area (Å²) in [7, 11) is 0. The monoisotopic (exact) mass is 467 g/mol. The highest BCUT2D eigenvalue weighted by molar-refractivity contribution is 5.74. The van der Waals surface area contributed by atoms with E-state index in [1.54, 1.807) is 4.90 Å². The van der Waals surface area contributed by atoms with E-state index in [9.17, 15) is 13.2 Å². The van der Waals surface area contributed by atoms with Crippen LogP contribution in [-0.2, 0) is 6.18 Å². The first kappa shape index (κ1) is 24.9. The van der Waals surface area contributed by atoms with Gasteiger partial charge < -0.3 is 19.9 Å². The molecule has 0 radical (unpaired) electrons. The smallest absolute Gasteiger partial charge is 0.419 e. The fourth-order valence-corrected chi connectivity index (χ4v) is 4.00. The van der Waals surface area contributed by atoms with Gasteiger partial charge in [-0.15, -0.1) is 0 Å². The molecule has 1 aliphatic rings. The van der Waals surface area contributed by atoms with Gasteiger partial charge in [-0.25, -0.2) is 0 Å². The van der Waals surface area contributed by atoms with E-state index < -0.39 is 11.7 Å². The van der Waals surface area contributed by atoms with E-state index in [1.165, 1.54) is 18.6 Å². The van der Waals surface area contributed by atoms with E-state index in [-0.39, 0.29) is 35.6 Å². The number of nitrogens with two attached hydrogens (primary N) is 1. The molecule has 0 saturated carbocycles. The summed E-state index contributed by atoms with van der Waals surface area (Å²) < 4.78 is 51.9. The lowest BCUT2D eigenvalue weighted by atomic mass is 9.98. The van der Waals surface area contributed by atoms with Crippen LogP contribution in [-0.4, -0.2) is 40.7 Å². The first-order valence-electron chi connectivity index (χ1n) is 11.6. The van der Waals surface area contributed by atoms with Gasteiger partial charge >= 0.3 is 6.18 Å². The van der Waals surface area contributed by atoms with Gasteiger partial charge in [-0.1, -0.05) is 44.2 Å². The summed E-state index contributed by atoms with van der Waals surface area (Å²) in [5.74, 6) is 0.107. The number of guanidine groups is 1. The van der Waals surface area contributed by atoms with E-state index in [0.29, 0.717) is 19.0 Å². The number of alkyl halides is 3. The first-order chi connectivity index (χ1) is 15.8. The van der Waals surface area contributed by atoms with Gasteiger partial charge in [-0.05, 0) is 37.5 Å². The predicted octanol–water partition coefficient (Wildman–Crippen LogP) is 5.57. The van der Waals surface area contributed by atoms with E-state index in [1.807, 2.05) is 0 Å². The van der Waals surface area contributed by atoms with Crippen molar-refractivity contribution in [2.45, 2.75) is 70.4 Å². The summed E-state index contributed by atoms with van der Waals surface area (Å²) in [6.45, 7) is 3.53. The Bertz CT molecular complexity index is 916. The third kappa shape index (κ3) is 6.85. The lowest BCUT2D eigenvalue weighted by molar-refractivity contribution is -0.138. The van der Waals surface area contributed by atoms with Crippen molar-refractivity contribution in [1.29, 1.82) is 5.41 Å². The Kier molecular flexibility index (Phi) is 8.57. The van der Waals surface area contributed by atoms with Gasteiger partial charge in [0, 0.05) is 18.7 Å². The zero-order chi connectivity index (χ0) is 23.8. The fourth-order valence-electron chi connectivity index (χ4n) is 4.00. The molecule has 3 N–H and O–H groups in total. The molecule has 10 heteroatoms. The summed E-state index contributed by atoms with van der Waals surface area (Å²) in [6, 6.07) is 3.85. The van der Waals surface area contributed by atoms with Gasteiger partial charge in [0.2, 0.25) is 11.7 Å². The minimum absolute atomic E-state index is 0.0224. The molecule has 7 nitrogen and oxygen atoms in total. The first-order valence-corrected chi connectivity index (χ1v) is 11.6. The molecule has 1 aliphatic heterocycles. The van der Waals surface area contributed by atoms with Crippen molar-refractivity contribution < 1.29 is 22.4 Å². The van der Waals surface area contributed by atoms with Crippen LogP contribution in [0.2, 0.25) is 0 Å². The SMILES string of the molecule is CCCCCCCCOc1ccc(-c2noc([C@@H]3CCCN(C(=N)N)C3)n2)cc1C(F)(F)F. The number of piperidine rings is 1. The summed E-state index contributed by atoms with van der Waals surface area (Å²) >= 11 is 0. The third-order valence-corrected chi connectivity index (χ3v) is 5.85. The highest BCUT2D eigenvalue weighted by Gasteiger charge is 2.35. The molecule has 0 amide bonds. The number of hydrogen-bond acceptors (Lipinski definition) is 5. The number of nitrogens with one attached hydrogen (secondary N) is 1. The van der Waals surface area contributed by atoms with Crippen molar-refractivity contribution >= 4 is 5.96 Å². The molecule has 1 aromatic carbocycles. The standard InChI is InChI=1S/C23H32F3N5O2/c1-2-3-4-5-6-7-13-32-19-11-10-16(14-18(19)23(24,25)26)20-29-21(33-30-20)17-9-8-12-31(15-17)22(27)28/h10-11,14,17H,2-9,12-13,15H2,1H3,(H3,27,28)/t17-/m1/s1. The van der Waals surface area contributed by atoms with Crippen molar-refractivity contribution in [3.8, 4) is 17.1 Å². The molecular weight excluding hydrogens is 435 g/mol. The highest BCUT2D eigenvalue weighted by atomic mass is 19.4. The molecule has 182 valence electrons. The second kappa shape index (κ2) is 11.4. The zero-order valence-corrected chi connectivity index (χ0v) is 19.0. The van der Waals surface area contributed by atoms with Crippen molar-refractivity contribution in [3.63, 3.8) is 0 Å². The lowest BCUT2D eigenvalue weighted by Gasteiger charge is -2.30. The molecule has 33 heavy (non-hydrogen) atoms. The largest absolute Gasteiger partial charge is 0.493 e. The number of benzene rings is 1. The van der Waals surface area contributed by atoms with Crippen molar-refractivity contribution in [3.05, 3.63) is 29.7 Å². The third-order valence-electron chi connectivity index (χ3n) is 5.85. The Morgan fingerprint density at radius 3 is 2.73 bits per heavy atom. The minimum atomic E-state index is -4.57. The van der Waals surface area contributed by atoms with E-state index in [0.717, 1.165) is 51.0 Å². The molecular formula is C23H32F3N5O2. The summed E-state index contributed by atoms with van der Waals surface area (Å²) in [6.07, 6.45) is 3.21. The van der Waals surface area contributed by atoms with Crippen LogP contribution in [0.25, 0.3) is 11.4 Å². The van der Waals surface area contributed by atoms with Crippen LogP contribution < -0.4 is 10.5 Å². The van der Waals surface area contributed by atoms with Crippen LogP contribution in [0.4, 0.5) is 13.2 Å². The van der Waals surface area contributed by atoms with Gasteiger partial charge in [0.1, 0.15) is 5.75 Å². The van der Waals surface area contributed by atoms with Crippen LogP contribution in [0, 0.1) is 5.41 Å². The average molecular weight is 468 g/mol. The van der Waals surface area contributed by atoms with Crippen molar-refractivity contribution in [1.82, 2.24) is 15.0 Å². The van der Waals surface area contributed by atoms with E-state index in [2.05, 4.69) is 17.1 Å². The summed E-state index contributed by atoms with van der Waals surface area (Å²) in [5.41, 5.74) is 4.93. The molecule has 0 spiro atoms. The average Bonchev–Trinajstić information content (AvgIpc) is 3.28. The molecule has 1 atom stereocenters. The van der Waals surface area contributed by atoms with Crippen LogP contribution >= 0.6 is 0 Å². The van der Waals surface area contributed by atoms with E-state index in [4.69, 9.17) is 20.4 Å². The number of aromatic nitrogens is 2. The number of ether oxygens (including phenoxy) is 1. The van der Waals surface area contributed by atoms with Crippen LogP contribution in [0.5, 0.6) is 5.75 Å². The van der Waals surface area contributed by atoms with Gasteiger partial charge in [0.25, 0.3) is 0 Å². The van der Waals surface area contributed by atoms with Crippen LogP contribution in [0.1, 0.15) is 75.7 Å². The Morgan fingerprint density at radius 1 is 1.24 bits per heavy atom. The minimum Gasteiger partial charge on any atom is -0.493 e.